The zero-order valence-electron chi connectivity index (χ0n) is 12.4. The molecule has 3 heteroatoms. The molecule has 104 valence electrons. The van der Waals surface area contributed by atoms with Gasteiger partial charge in [0.05, 0.1) is 11.2 Å². The van der Waals surface area contributed by atoms with Gasteiger partial charge in [0.1, 0.15) is 0 Å². The van der Waals surface area contributed by atoms with E-state index in [1.165, 1.54) is 5.56 Å². The van der Waals surface area contributed by atoms with Crippen LogP contribution in [-0.2, 0) is 12.8 Å². The van der Waals surface area contributed by atoms with Crippen LogP contribution in [-0.4, -0.2) is 14.6 Å². The van der Waals surface area contributed by atoms with Crippen molar-refractivity contribution in [2.24, 2.45) is 0 Å². The van der Waals surface area contributed by atoms with Gasteiger partial charge in [-0.05, 0) is 24.1 Å². The highest BCUT2D eigenvalue weighted by molar-refractivity contribution is 5.51. The highest BCUT2D eigenvalue weighted by Gasteiger charge is 2.06. The first-order valence-electron chi connectivity index (χ1n) is 7.24. The van der Waals surface area contributed by atoms with Crippen LogP contribution >= 0.6 is 0 Å². The van der Waals surface area contributed by atoms with E-state index in [4.69, 9.17) is 0 Å². The van der Waals surface area contributed by atoms with Crippen LogP contribution in [0.25, 0.3) is 5.52 Å². The maximum atomic E-state index is 4.65. The van der Waals surface area contributed by atoms with Crippen molar-refractivity contribution in [1.29, 1.82) is 0 Å². The van der Waals surface area contributed by atoms with Crippen molar-refractivity contribution in [2.45, 2.75) is 33.6 Å². The summed E-state index contributed by atoms with van der Waals surface area (Å²) in [5.41, 5.74) is 3.46. The first-order chi connectivity index (χ1) is 9.86. The van der Waals surface area contributed by atoms with E-state index in [0.717, 1.165) is 29.9 Å². The summed E-state index contributed by atoms with van der Waals surface area (Å²) >= 11 is 0. The SMILES string of the molecule is CC.CCc1nc(Cc2ccccc2)nn2cccc12. The van der Waals surface area contributed by atoms with Crippen LogP contribution in [0, 0.1) is 0 Å². The lowest BCUT2D eigenvalue weighted by atomic mass is 10.1. The molecule has 0 atom stereocenters. The molecule has 0 N–H and O–H groups in total. The van der Waals surface area contributed by atoms with E-state index >= 15 is 0 Å². The summed E-state index contributed by atoms with van der Waals surface area (Å²) in [5, 5.41) is 4.54. The smallest absolute Gasteiger partial charge is 0.153 e. The molecule has 0 aliphatic rings. The maximum absolute atomic E-state index is 4.65. The minimum atomic E-state index is 0.780. The van der Waals surface area contributed by atoms with E-state index in [0.29, 0.717) is 0 Å². The predicted molar refractivity (Wildman–Crippen MR) is 83.0 cm³/mol. The molecular formula is C17H21N3. The second-order valence-corrected chi connectivity index (χ2v) is 4.33. The van der Waals surface area contributed by atoms with Crippen LogP contribution in [0.15, 0.2) is 48.7 Å². The third-order valence-corrected chi connectivity index (χ3v) is 3.05. The number of nitrogens with zero attached hydrogens (tertiary/aromatic N) is 3. The van der Waals surface area contributed by atoms with Crippen molar-refractivity contribution < 1.29 is 0 Å². The summed E-state index contributed by atoms with van der Waals surface area (Å²) in [5.74, 6) is 0.877. The third kappa shape index (κ3) is 3.05. The summed E-state index contributed by atoms with van der Waals surface area (Å²) in [6.45, 7) is 6.13. The van der Waals surface area contributed by atoms with Gasteiger partial charge in [-0.1, -0.05) is 51.1 Å². The number of hydrogen-bond acceptors (Lipinski definition) is 2. The minimum Gasteiger partial charge on any atom is -0.237 e. The molecule has 20 heavy (non-hydrogen) atoms. The van der Waals surface area contributed by atoms with Crippen LogP contribution in [0.3, 0.4) is 0 Å². The normalized spacial score (nSPS) is 10.2. The average molecular weight is 267 g/mol. The number of rotatable bonds is 3. The molecule has 2 heterocycles. The van der Waals surface area contributed by atoms with E-state index in [2.05, 4.69) is 35.2 Å². The van der Waals surface area contributed by atoms with Crippen molar-refractivity contribution in [3.05, 3.63) is 65.7 Å². The first-order valence-corrected chi connectivity index (χ1v) is 7.24. The van der Waals surface area contributed by atoms with Gasteiger partial charge >= 0.3 is 0 Å². The Kier molecular flexibility index (Phi) is 4.88. The molecule has 0 unspecified atom stereocenters. The lowest BCUT2D eigenvalue weighted by molar-refractivity contribution is 0.797. The minimum absolute atomic E-state index is 0.780. The maximum Gasteiger partial charge on any atom is 0.153 e. The lowest BCUT2D eigenvalue weighted by Gasteiger charge is -2.05. The van der Waals surface area contributed by atoms with E-state index < -0.39 is 0 Å². The summed E-state index contributed by atoms with van der Waals surface area (Å²) < 4.78 is 1.92. The number of fused-ring (bicyclic) bond motifs is 1. The van der Waals surface area contributed by atoms with Gasteiger partial charge < -0.3 is 0 Å². The van der Waals surface area contributed by atoms with Crippen LogP contribution in [0.5, 0.6) is 0 Å². The van der Waals surface area contributed by atoms with Gasteiger partial charge in [-0.15, -0.1) is 0 Å². The second-order valence-electron chi connectivity index (χ2n) is 4.33. The van der Waals surface area contributed by atoms with E-state index in [-0.39, 0.29) is 0 Å². The second kappa shape index (κ2) is 6.85. The van der Waals surface area contributed by atoms with Gasteiger partial charge in [-0.2, -0.15) is 5.10 Å². The fraction of sp³-hybridized carbons (Fsp3) is 0.294. The Morgan fingerprint density at radius 3 is 2.45 bits per heavy atom. The van der Waals surface area contributed by atoms with Crippen molar-refractivity contribution in [3.63, 3.8) is 0 Å². The molecule has 2 aromatic heterocycles. The molecule has 0 spiro atoms. The van der Waals surface area contributed by atoms with Gasteiger partial charge in [-0.3, -0.25) is 0 Å². The number of aryl methyl sites for hydroxylation is 1. The molecule has 1 aromatic carbocycles. The Bertz CT molecular complexity index is 656. The number of hydrogen-bond donors (Lipinski definition) is 0. The molecule has 3 nitrogen and oxygen atoms in total. The summed E-state index contributed by atoms with van der Waals surface area (Å²) in [6, 6.07) is 14.4. The molecule has 0 aliphatic carbocycles. The molecule has 0 amide bonds. The number of aromatic nitrogens is 3. The van der Waals surface area contributed by atoms with E-state index in [1.807, 2.05) is 48.8 Å². The summed E-state index contributed by atoms with van der Waals surface area (Å²) in [4.78, 5) is 4.65. The monoisotopic (exact) mass is 267 g/mol. The van der Waals surface area contributed by atoms with Crippen LogP contribution in [0.4, 0.5) is 0 Å². The molecule has 0 saturated heterocycles. The molecule has 0 radical (unpaired) electrons. The Labute approximate surface area is 120 Å². The highest BCUT2D eigenvalue weighted by atomic mass is 15.2. The van der Waals surface area contributed by atoms with Crippen molar-refractivity contribution in [2.75, 3.05) is 0 Å². The molecule has 0 fully saturated rings. The van der Waals surface area contributed by atoms with Gasteiger partial charge in [0.15, 0.2) is 5.82 Å². The van der Waals surface area contributed by atoms with Crippen LogP contribution in [0.1, 0.15) is 37.9 Å². The Morgan fingerprint density at radius 1 is 1.00 bits per heavy atom. The van der Waals surface area contributed by atoms with Gasteiger partial charge in [0.25, 0.3) is 0 Å². The molecule has 3 rings (SSSR count). The van der Waals surface area contributed by atoms with E-state index in [9.17, 15) is 0 Å². The largest absolute Gasteiger partial charge is 0.237 e. The Morgan fingerprint density at radius 2 is 1.75 bits per heavy atom. The topological polar surface area (TPSA) is 30.2 Å². The quantitative estimate of drug-likeness (QED) is 0.720. The molecular weight excluding hydrogens is 246 g/mol. The van der Waals surface area contributed by atoms with Gasteiger partial charge in [-0.25, -0.2) is 9.50 Å². The standard InChI is InChI=1S/C15H15N3.C2H6/c1-2-13-14-9-6-10-18(14)17-15(16-13)11-12-7-4-3-5-8-12;1-2/h3-10H,2,11H2,1H3;1-2H3. The summed E-state index contributed by atoms with van der Waals surface area (Å²) in [6.07, 6.45) is 3.68. The van der Waals surface area contributed by atoms with Crippen LogP contribution < -0.4 is 0 Å². The Hall–Kier alpha value is -2.16. The van der Waals surface area contributed by atoms with Gasteiger partial charge in [0.2, 0.25) is 0 Å². The van der Waals surface area contributed by atoms with Crippen molar-refractivity contribution in [3.8, 4) is 0 Å². The van der Waals surface area contributed by atoms with Crippen LogP contribution in [0.2, 0.25) is 0 Å². The lowest BCUT2D eigenvalue weighted by Crippen LogP contribution is -2.05. The molecule has 0 aliphatic heterocycles. The highest BCUT2D eigenvalue weighted by Crippen LogP contribution is 2.11. The third-order valence-electron chi connectivity index (χ3n) is 3.05. The predicted octanol–water partition coefficient (Wildman–Crippen LogP) is 3.91. The number of benzene rings is 1. The van der Waals surface area contributed by atoms with Gasteiger partial charge in [0, 0.05) is 12.6 Å². The Balaban J connectivity index is 0.000000704. The summed E-state index contributed by atoms with van der Waals surface area (Å²) in [7, 11) is 0. The van der Waals surface area contributed by atoms with Crippen molar-refractivity contribution >= 4 is 5.52 Å². The molecule has 0 bridgehead atoms. The molecule has 3 aromatic rings. The van der Waals surface area contributed by atoms with Crippen molar-refractivity contribution in [1.82, 2.24) is 14.6 Å². The zero-order valence-corrected chi connectivity index (χ0v) is 12.4. The fourth-order valence-electron chi connectivity index (χ4n) is 2.16. The fourth-order valence-corrected chi connectivity index (χ4v) is 2.16. The molecule has 0 saturated carbocycles. The first kappa shape index (κ1) is 14.3. The zero-order chi connectivity index (χ0) is 14.4. The average Bonchev–Trinajstić information content (AvgIpc) is 2.98. The van der Waals surface area contributed by atoms with E-state index in [1.54, 1.807) is 0 Å².